The Morgan fingerprint density at radius 3 is 2.24 bits per heavy atom. The molecule has 0 radical (unpaired) electrons. The largest absolute Gasteiger partial charge is 0.465 e. The molecule has 16 nitrogen and oxygen atoms in total. The molecule has 0 bridgehead atoms. The Kier molecular flexibility index (Phi) is 7.50. The summed E-state index contributed by atoms with van der Waals surface area (Å²) in [6, 6.07) is 0. The van der Waals surface area contributed by atoms with Crippen LogP contribution in [0, 0.1) is 0 Å². The summed E-state index contributed by atoms with van der Waals surface area (Å²) in [5.41, 5.74) is -1.18. The lowest BCUT2D eigenvalue weighted by atomic mass is 10.1. The molecule has 0 amide bonds. The maximum atomic E-state index is 13.1. The van der Waals surface area contributed by atoms with Crippen molar-refractivity contribution >= 4 is 35.0 Å². The molecule has 3 heterocycles. The number of carbonyl (C=O) groups excluding carboxylic acids is 4. The molecule has 4 atom stereocenters. The number of rotatable bonds is 8. The number of hydrogen-bond acceptors (Lipinski definition) is 14. The predicted molar refractivity (Wildman–Crippen MR) is 106 cm³/mol. The molecule has 34 heavy (non-hydrogen) atoms. The van der Waals surface area contributed by atoms with Gasteiger partial charge >= 0.3 is 29.4 Å². The average molecular weight is 482 g/mol. The van der Waals surface area contributed by atoms with Crippen LogP contribution < -0.4 is 5.56 Å². The molecule has 0 spiro atoms. The zero-order chi connectivity index (χ0) is 25.0. The molecule has 1 fully saturated rings. The van der Waals surface area contributed by atoms with E-state index in [1.807, 2.05) is 0 Å². The Morgan fingerprint density at radius 2 is 1.62 bits per heavy atom. The molecule has 1 aliphatic rings. The summed E-state index contributed by atoms with van der Waals surface area (Å²) < 4.78 is 27.8. The van der Waals surface area contributed by atoms with Gasteiger partial charge in [-0.25, -0.2) is 4.68 Å². The summed E-state index contributed by atoms with van der Waals surface area (Å²) in [7, 11) is 0. The summed E-state index contributed by atoms with van der Waals surface area (Å²) >= 11 is 0. The van der Waals surface area contributed by atoms with Gasteiger partial charge in [0.2, 0.25) is 11.2 Å². The van der Waals surface area contributed by atoms with Crippen molar-refractivity contribution in [3.63, 3.8) is 0 Å². The van der Waals surface area contributed by atoms with Crippen molar-refractivity contribution in [3.8, 4) is 0 Å². The van der Waals surface area contributed by atoms with Crippen LogP contribution in [-0.4, -0.2) is 85.4 Å². The van der Waals surface area contributed by atoms with Crippen LogP contribution in [0.15, 0.2) is 4.79 Å². The molecular formula is C18H22N6O10. The van der Waals surface area contributed by atoms with Gasteiger partial charge in [0.25, 0.3) is 0 Å². The Labute approximate surface area is 191 Å². The van der Waals surface area contributed by atoms with E-state index in [4.69, 9.17) is 23.7 Å². The minimum atomic E-state index is -1.41. The summed E-state index contributed by atoms with van der Waals surface area (Å²) in [4.78, 5) is 59.5. The predicted octanol–water partition coefficient (Wildman–Crippen LogP) is -1.73. The van der Waals surface area contributed by atoms with Crippen molar-refractivity contribution < 1.29 is 42.9 Å². The van der Waals surface area contributed by atoms with Gasteiger partial charge in [0, 0.05) is 20.8 Å². The summed E-state index contributed by atoms with van der Waals surface area (Å²) in [5.74, 6) is -2.73. The zero-order valence-electron chi connectivity index (χ0n) is 18.7. The van der Waals surface area contributed by atoms with E-state index in [1.165, 1.54) is 6.92 Å². The fourth-order valence-corrected chi connectivity index (χ4v) is 3.28. The van der Waals surface area contributed by atoms with Crippen molar-refractivity contribution in [2.24, 2.45) is 0 Å². The van der Waals surface area contributed by atoms with Crippen LogP contribution >= 0.6 is 0 Å². The van der Waals surface area contributed by atoms with Crippen molar-refractivity contribution in [2.75, 3.05) is 13.2 Å². The average Bonchev–Trinajstić information content (AvgIpc) is 3.29. The first-order chi connectivity index (χ1) is 16.1. The second-order valence-corrected chi connectivity index (χ2v) is 7.08. The Hall–Kier alpha value is -3.95. The number of hydrogen-bond donors (Lipinski definition) is 0. The molecule has 0 aromatic carbocycles. The third kappa shape index (κ3) is 5.33. The molecule has 184 valence electrons. The topological polar surface area (TPSA) is 193 Å². The molecule has 4 unspecified atom stereocenters. The highest BCUT2D eigenvalue weighted by Gasteiger charge is 2.51. The Morgan fingerprint density at radius 1 is 0.941 bits per heavy atom. The molecule has 0 N–H and O–H groups in total. The minimum absolute atomic E-state index is 0.0932. The molecule has 1 saturated heterocycles. The maximum absolute atomic E-state index is 13.1. The smallest absolute Gasteiger partial charge is 0.327 e. The molecule has 1 aliphatic heterocycles. The highest BCUT2D eigenvalue weighted by atomic mass is 16.7. The van der Waals surface area contributed by atoms with Crippen LogP contribution in [0.5, 0.6) is 0 Å². The van der Waals surface area contributed by atoms with E-state index >= 15 is 0 Å². The number of esters is 4. The maximum Gasteiger partial charge on any atom is 0.327 e. The van der Waals surface area contributed by atoms with E-state index in [0.717, 1.165) is 23.2 Å². The number of ether oxygens (including phenoxy) is 5. The van der Waals surface area contributed by atoms with Gasteiger partial charge in [0.1, 0.15) is 19.3 Å². The molecule has 3 rings (SSSR count). The van der Waals surface area contributed by atoms with Crippen LogP contribution in [0.3, 0.4) is 0 Å². The fraction of sp³-hybridized carbons (Fsp3) is 0.611. The molecule has 16 heteroatoms. The van der Waals surface area contributed by atoms with Gasteiger partial charge in [-0.1, -0.05) is 10.4 Å². The summed E-state index contributed by atoms with van der Waals surface area (Å²) in [6.45, 7) is 4.48. The zero-order valence-corrected chi connectivity index (χ0v) is 18.7. The Balaban J connectivity index is 1.99. The molecule has 0 aliphatic carbocycles. The standard InChI is InChI=1S/C18H22N6O10/c1-5-30-12(28)6-23-16-13(19-21-23)17(29)24(22-20-16)18-15(33-10(4)27)14(32-9(3)26)11(34-18)7-31-8(2)25/h11,14-15,18H,5-7H2,1-4H3. The van der Waals surface area contributed by atoms with Gasteiger partial charge in [-0.15, -0.1) is 10.2 Å². The monoisotopic (exact) mass is 482 g/mol. The number of fused-ring (bicyclic) bond motifs is 1. The third-order valence-electron chi connectivity index (χ3n) is 4.52. The van der Waals surface area contributed by atoms with E-state index in [0.29, 0.717) is 0 Å². The third-order valence-corrected chi connectivity index (χ3v) is 4.52. The number of carbonyl (C=O) groups is 4. The first kappa shape index (κ1) is 24.7. The lowest BCUT2D eigenvalue weighted by Crippen LogP contribution is -2.42. The van der Waals surface area contributed by atoms with E-state index < -0.39 is 54.0 Å². The Bertz CT molecular complexity index is 1160. The van der Waals surface area contributed by atoms with E-state index in [9.17, 15) is 24.0 Å². The van der Waals surface area contributed by atoms with Gasteiger partial charge in [0.15, 0.2) is 18.4 Å². The van der Waals surface area contributed by atoms with Crippen molar-refractivity contribution in [2.45, 2.75) is 58.8 Å². The minimum Gasteiger partial charge on any atom is -0.465 e. The van der Waals surface area contributed by atoms with Crippen LogP contribution in [-0.2, 0) is 49.4 Å². The molecule has 2 aromatic rings. The molecular weight excluding hydrogens is 460 g/mol. The van der Waals surface area contributed by atoms with Gasteiger partial charge in [-0.3, -0.25) is 24.0 Å². The first-order valence-electron chi connectivity index (χ1n) is 10.1. The highest BCUT2D eigenvalue weighted by molar-refractivity contribution is 5.73. The fourth-order valence-electron chi connectivity index (χ4n) is 3.28. The summed E-state index contributed by atoms with van der Waals surface area (Å²) in [5, 5.41) is 15.2. The van der Waals surface area contributed by atoms with Crippen LogP contribution in [0.1, 0.15) is 33.9 Å². The lowest BCUT2D eigenvalue weighted by molar-refractivity contribution is -0.166. The van der Waals surface area contributed by atoms with Crippen molar-refractivity contribution in [3.05, 3.63) is 10.4 Å². The molecule has 2 aromatic heterocycles. The van der Waals surface area contributed by atoms with E-state index in [1.54, 1.807) is 6.92 Å². The van der Waals surface area contributed by atoms with Crippen molar-refractivity contribution in [1.29, 1.82) is 0 Å². The number of nitrogens with zero attached hydrogens (tertiary/aromatic N) is 6. The van der Waals surface area contributed by atoms with Crippen LogP contribution in [0.4, 0.5) is 0 Å². The first-order valence-corrected chi connectivity index (χ1v) is 10.1. The second kappa shape index (κ2) is 10.3. The summed E-state index contributed by atoms with van der Waals surface area (Å²) in [6.07, 6.45) is -5.06. The van der Waals surface area contributed by atoms with E-state index in [2.05, 4.69) is 20.6 Å². The van der Waals surface area contributed by atoms with Gasteiger partial charge in [0.05, 0.1) is 6.61 Å². The lowest BCUT2D eigenvalue weighted by Gasteiger charge is -2.23. The van der Waals surface area contributed by atoms with Crippen molar-refractivity contribution in [1.82, 2.24) is 30.0 Å². The van der Waals surface area contributed by atoms with Gasteiger partial charge < -0.3 is 23.7 Å². The second-order valence-electron chi connectivity index (χ2n) is 7.08. The SMILES string of the molecule is CCOC(=O)Cn1nnc2c(=O)n(C3OC(COC(C)=O)C(OC(C)=O)C3OC(C)=O)nnc21. The molecule has 0 saturated carbocycles. The van der Waals surface area contributed by atoms with Crippen LogP contribution in [0.25, 0.3) is 11.2 Å². The highest BCUT2D eigenvalue weighted by Crippen LogP contribution is 2.33. The van der Waals surface area contributed by atoms with E-state index in [-0.39, 0.29) is 30.9 Å². The normalized spacial score (nSPS) is 21.8. The van der Waals surface area contributed by atoms with Crippen LogP contribution in [0.2, 0.25) is 0 Å². The van der Waals surface area contributed by atoms with Gasteiger partial charge in [-0.05, 0) is 6.92 Å². The van der Waals surface area contributed by atoms with Gasteiger partial charge in [-0.2, -0.15) is 4.68 Å². The number of aromatic nitrogens is 6. The quantitative estimate of drug-likeness (QED) is 0.304.